The molecule has 33 heavy (non-hydrogen) atoms. The van der Waals surface area contributed by atoms with Crippen molar-refractivity contribution in [3.8, 4) is 0 Å². The first kappa shape index (κ1) is 23.8. The molecule has 7 heteroatoms. The second-order valence-electron chi connectivity index (χ2n) is 9.63. The summed E-state index contributed by atoms with van der Waals surface area (Å²) in [7, 11) is 0. The molecule has 1 aromatic carbocycles. The topological polar surface area (TPSA) is 82.5 Å². The van der Waals surface area contributed by atoms with Gasteiger partial charge in [-0.3, -0.25) is 19.9 Å². The van der Waals surface area contributed by atoms with Crippen molar-refractivity contribution < 1.29 is 19.1 Å². The van der Waals surface area contributed by atoms with E-state index in [4.69, 9.17) is 0 Å². The third-order valence-electron chi connectivity index (χ3n) is 8.22. The molecule has 2 atom stereocenters. The van der Waals surface area contributed by atoms with Crippen LogP contribution in [0.15, 0.2) is 18.2 Å². The molecule has 0 spiro atoms. The number of imide groups is 1. The van der Waals surface area contributed by atoms with Crippen molar-refractivity contribution in [1.29, 1.82) is 0 Å². The van der Waals surface area contributed by atoms with E-state index in [2.05, 4.69) is 36.0 Å². The fourth-order valence-corrected chi connectivity index (χ4v) is 5.96. The number of aryl methyl sites for hydroxylation is 1. The number of hydrogen-bond donors (Lipinski definition) is 2. The Morgan fingerprint density at radius 2 is 1.97 bits per heavy atom. The highest BCUT2D eigenvalue weighted by molar-refractivity contribution is 6.01. The summed E-state index contributed by atoms with van der Waals surface area (Å²) < 4.78 is 16.2. The fraction of sp³-hybridized carbons (Fsp3) is 0.577. The van der Waals surface area contributed by atoms with Crippen LogP contribution < -0.4 is 5.32 Å². The lowest BCUT2D eigenvalue weighted by atomic mass is 9.61. The summed E-state index contributed by atoms with van der Waals surface area (Å²) >= 11 is 0. The lowest BCUT2D eigenvalue weighted by Crippen LogP contribution is -2.58. The number of carbonyl (C=O) groups excluding carboxylic acids is 2. The molecule has 0 bridgehead atoms. The van der Waals surface area contributed by atoms with Crippen molar-refractivity contribution in [3.63, 3.8) is 0 Å². The molecule has 2 aromatic rings. The normalized spacial score (nSPS) is 25.9. The highest BCUT2D eigenvalue weighted by atomic mass is 19.1. The van der Waals surface area contributed by atoms with Crippen LogP contribution in [0.2, 0.25) is 0 Å². The fourth-order valence-electron chi connectivity index (χ4n) is 5.96. The van der Waals surface area contributed by atoms with E-state index in [1.165, 1.54) is 0 Å². The number of nitrogens with one attached hydrogen (secondary N) is 1. The zero-order valence-electron chi connectivity index (χ0n) is 20.0. The van der Waals surface area contributed by atoms with Crippen molar-refractivity contribution in [2.75, 3.05) is 19.6 Å². The van der Waals surface area contributed by atoms with E-state index in [0.29, 0.717) is 47.1 Å². The van der Waals surface area contributed by atoms with E-state index >= 15 is 4.39 Å². The number of nitrogens with zero attached hydrogens (tertiary/aromatic N) is 2. The van der Waals surface area contributed by atoms with Crippen molar-refractivity contribution in [2.24, 2.45) is 5.41 Å². The van der Waals surface area contributed by atoms with Crippen LogP contribution in [-0.4, -0.2) is 46.4 Å². The molecule has 0 radical (unpaired) electrons. The molecule has 0 aliphatic carbocycles. The van der Waals surface area contributed by atoms with E-state index in [1.807, 2.05) is 0 Å². The smallest absolute Gasteiger partial charge is 0.234 e. The van der Waals surface area contributed by atoms with Crippen molar-refractivity contribution in [2.45, 2.75) is 71.3 Å². The van der Waals surface area contributed by atoms with Crippen LogP contribution in [0.5, 0.6) is 0 Å². The third-order valence-corrected chi connectivity index (χ3v) is 8.22. The zero-order valence-corrected chi connectivity index (χ0v) is 20.0. The first-order valence-corrected chi connectivity index (χ1v) is 12.1. The largest absolute Gasteiger partial charge is 0.384 e. The molecular formula is C26H34FN3O3. The molecule has 0 saturated carbocycles. The minimum absolute atomic E-state index is 0.250. The number of aliphatic hydroxyl groups is 1. The van der Waals surface area contributed by atoms with Crippen LogP contribution in [-0.2, 0) is 15.2 Å². The van der Waals surface area contributed by atoms with Gasteiger partial charge in [0, 0.05) is 41.6 Å². The van der Waals surface area contributed by atoms with Crippen molar-refractivity contribution in [1.82, 2.24) is 15.2 Å². The summed E-state index contributed by atoms with van der Waals surface area (Å²) in [5, 5.41) is 14.8. The number of pyridine rings is 1. The molecule has 1 aromatic heterocycles. The Balaban J connectivity index is 1.84. The van der Waals surface area contributed by atoms with Gasteiger partial charge in [0.2, 0.25) is 11.8 Å². The van der Waals surface area contributed by atoms with Gasteiger partial charge in [0.1, 0.15) is 11.4 Å². The van der Waals surface area contributed by atoms with E-state index in [1.54, 1.807) is 25.1 Å². The second-order valence-corrected chi connectivity index (χ2v) is 9.63. The Hall–Kier alpha value is -2.38. The predicted octanol–water partition coefficient (Wildman–Crippen LogP) is 3.92. The molecule has 2 aliphatic heterocycles. The van der Waals surface area contributed by atoms with Crippen LogP contribution in [0.25, 0.3) is 10.9 Å². The highest BCUT2D eigenvalue weighted by Crippen LogP contribution is 2.52. The molecule has 2 amide bonds. The maximum Gasteiger partial charge on any atom is 0.234 e. The summed E-state index contributed by atoms with van der Waals surface area (Å²) in [6.07, 6.45) is 2.57. The number of piperidine rings is 2. The summed E-state index contributed by atoms with van der Waals surface area (Å²) in [6, 6.07) is 5.16. The maximum atomic E-state index is 16.2. The average molecular weight is 456 g/mol. The van der Waals surface area contributed by atoms with Gasteiger partial charge < -0.3 is 10.0 Å². The predicted molar refractivity (Wildman–Crippen MR) is 125 cm³/mol. The molecule has 0 unspecified atom stereocenters. The molecule has 2 N–H and O–H groups in total. The number of rotatable bonds is 5. The Labute approximate surface area is 194 Å². The quantitative estimate of drug-likeness (QED) is 0.668. The Kier molecular flexibility index (Phi) is 6.31. The summed E-state index contributed by atoms with van der Waals surface area (Å²) in [6.45, 7) is 10.4. The molecule has 6 nitrogen and oxygen atoms in total. The average Bonchev–Trinajstić information content (AvgIpc) is 2.80. The maximum absolute atomic E-state index is 16.2. The summed E-state index contributed by atoms with van der Waals surface area (Å²) in [5.74, 6) is -1.66. The number of aromatic nitrogens is 1. The number of benzene rings is 1. The summed E-state index contributed by atoms with van der Waals surface area (Å²) in [4.78, 5) is 31.0. The molecular weight excluding hydrogens is 421 g/mol. The van der Waals surface area contributed by atoms with Gasteiger partial charge in [-0.15, -0.1) is 0 Å². The van der Waals surface area contributed by atoms with Gasteiger partial charge in [0.25, 0.3) is 0 Å². The number of fused-ring (bicyclic) bond motifs is 1. The van der Waals surface area contributed by atoms with Crippen molar-refractivity contribution >= 4 is 22.7 Å². The Morgan fingerprint density at radius 1 is 1.24 bits per heavy atom. The number of hydrogen-bond acceptors (Lipinski definition) is 5. The monoisotopic (exact) mass is 455 g/mol. The van der Waals surface area contributed by atoms with E-state index < -0.39 is 22.8 Å². The van der Waals surface area contributed by atoms with E-state index in [-0.39, 0.29) is 18.2 Å². The third kappa shape index (κ3) is 3.75. The number of likely N-dealkylation sites (tertiary alicyclic amines) is 1. The van der Waals surface area contributed by atoms with Gasteiger partial charge >= 0.3 is 0 Å². The molecule has 4 rings (SSSR count). The minimum atomic E-state index is -1.29. The molecule has 2 aliphatic rings. The molecule has 2 saturated heterocycles. The standard InChI is InChI=1S/C26H34FN3O3/c1-5-25(6-2)15-30(7-3)13-12-26(25,33)20-9-10-21-19(23(20)27)14-18(16(4)28-21)17-8-11-22(31)29-24(17)32/h9-10,14,17,33H,5-8,11-13,15H2,1-4H3,(H,29,31,32)/t17-,26-/m1/s1. The molecule has 2 fully saturated rings. The van der Waals surface area contributed by atoms with Crippen LogP contribution in [0.3, 0.4) is 0 Å². The first-order valence-electron chi connectivity index (χ1n) is 12.1. The van der Waals surface area contributed by atoms with Gasteiger partial charge in [0.05, 0.1) is 11.4 Å². The Bertz CT molecular complexity index is 1100. The van der Waals surface area contributed by atoms with Crippen LogP contribution >= 0.6 is 0 Å². The van der Waals surface area contributed by atoms with E-state index in [9.17, 15) is 14.7 Å². The van der Waals surface area contributed by atoms with Gasteiger partial charge in [-0.05, 0) is 56.8 Å². The van der Waals surface area contributed by atoms with E-state index in [0.717, 1.165) is 25.9 Å². The lowest BCUT2D eigenvalue weighted by molar-refractivity contribution is -0.148. The van der Waals surface area contributed by atoms with Crippen LogP contribution in [0, 0.1) is 18.2 Å². The second kappa shape index (κ2) is 8.76. The van der Waals surface area contributed by atoms with Crippen LogP contribution in [0.1, 0.15) is 75.6 Å². The van der Waals surface area contributed by atoms with Gasteiger partial charge in [-0.25, -0.2) is 4.39 Å². The lowest BCUT2D eigenvalue weighted by Gasteiger charge is -2.53. The minimum Gasteiger partial charge on any atom is -0.384 e. The zero-order chi connectivity index (χ0) is 24.0. The highest BCUT2D eigenvalue weighted by Gasteiger charge is 2.53. The van der Waals surface area contributed by atoms with Gasteiger partial charge in [0.15, 0.2) is 0 Å². The van der Waals surface area contributed by atoms with Gasteiger partial charge in [-0.1, -0.05) is 26.8 Å². The molecule has 178 valence electrons. The number of amides is 2. The summed E-state index contributed by atoms with van der Waals surface area (Å²) in [5.41, 5.74) is 0.344. The first-order chi connectivity index (χ1) is 15.7. The SMILES string of the molecule is CCN1CC[C@@](O)(c2ccc3nc(C)c([C@H]4CCC(=O)NC4=O)cc3c2F)C(CC)(CC)C1. The molecule has 3 heterocycles. The number of carbonyl (C=O) groups is 2. The van der Waals surface area contributed by atoms with Crippen LogP contribution in [0.4, 0.5) is 4.39 Å². The Morgan fingerprint density at radius 3 is 2.61 bits per heavy atom. The van der Waals surface area contributed by atoms with Crippen molar-refractivity contribution in [3.05, 3.63) is 40.8 Å². The number of halogens is 1. The van der Waals surface area contributed by atoms with Gasteiger partial charge in [-0.2, -0.15) is 0 Å².